The predicted octanol–water partition coefficient (Wildman–Crippen LogP) is 0.397. The van der Waals surface area contributed by atoms with E-state index in [4.69, 9.17) is 5.73 Å². The Labute approximate surface area is 63.4 Å². The number of allylic oxidation sites excluding steroid dienone is 1. The average molecular weight is 171 g/mol. The molecule has 0 atom stereocenters. The number of rotatable bonds is 2. The Kier molecular flexibility index (Phi) is 7.13. The molecule has 1 nitrogen and oxygen atoms in total. The molecule has 0 unspecified atom stereocenters. The van der Waals surface area contributed by atoms with E-state index in [0.29, 0.717) is 6.54 Å². The van der Waals surface area contributed by atoms with E-state index in [9.17, 15) is 0 Å². The van der Waals surface area contributed by atoms with Crippen LogP contribution < -0.4 is 5.73 Å². The quantitative estimate of drug-likeness (QED) is 0.598. The monoisotopic (exact) mass is 171 g/mol. The van der Waals surface area contributed by atoms with Crippen molar-refractivity contribution in [1.82, 2.24) is 0 Å². The van der Waals surface area contributed by atoms with Crippen molar-refractivity contribution < 1.29 is 30.2 Å². The molecule has 0 fully saturated rings. The molecule has 2 N–H and O–H groups in total. The van der Waals surface area contributed by atoms with E-state index in [-0.39, 0.29) is 0 Å². The van der Waals surface area contributed by atoms with Crippen LogP contribution in [0.1, 0.15) is 6.42 Å². The second-order valence-corrected chi connectivity index (χ2v) is 2.12. The molecule has 0 aliphatic carbocycles. The first-order valence-corrected chi connectivity index (χ1v) is 3.62. The summed E-state index contributed by atoms with van der Waals surface area (Å²) in [6, 6.07) is 0. The number of hydrogen-bond acceptors (Lipinski definition) is 1. The maximum atomic E-state index is 5.17. The minimum absolute atomic E-state index is 0.655. The summed E-state index contributed by atoms with van der Waals surface area (Å²) in [5.74, 6) is 0. The van der Waals surface area contributed by atoms with Gasteiger partial charge in [-0.1, -0.05) is 0 Å². The van der Waals surface area contributed by atoms with Crippen molar-refractivity contribution in [3.05, 3.63) is 12.2 Å². The van der Waals surface area contributed by atoms with Crippen molar-refractivity contribution in [3.8, 4) is 2.59 Å². The first-order valence-electron chi connectivity index (χ1n) is 2.20. The maximum absolute atomic E-state index is 5.17. The molecular weight excluding hydrogens is 163 g/mol. The molecule has 0 aliphatic rings. The number of nitrogens with two attached hydrogens (primary N) is 1. The SMILES string of the molecule is NC/C=C/C[C]#[Y]. The zero-order valence-corrected chi connectivity index (χ0v) is 7.06. The summed E-state index contributed by atoms with van der Waals surface area (Å²) in [6.07, 6.45) is 4.95. The van der Waals surface area contributed by atoms with Gasteiger partial charge < -0.3 is 0 Å². The fourth-order valence-electron chi connectivity index (χ4n) is 0.248. The van der Waals surface area contributed by atoms with Gasteiger partial charge in [-0.15, -0.1) is 0 Å². The van der Waals surface area contributed by atoms with Crippen LogP contribution in [0.15, 0.2) is 12.2 Å². The van der Waals surface area contributed by atoms with Gasteiger partial charge in [0.25, 0.3) is 0 Å². The third-order valence-corrected chi connectivity index (χ3v) is 1.12. The van der Waals surface area contributed by atoms with Crippen molar-refractivity contribution >= 4 is 0 Å². The summed E-state index contributed by atoms with van der Waals surface area (Å²) in [7, 11) is 0. The van der Waals surface area contributed by atoms with Gasteiger partial charge in [0.15, 0.2) is 0 Å². The fourth-order valence-corrected chi connectivity index (χ4v) is 0.582. The summed E-state index contributed by atoms with van der Waals surface area (Å²) in [4.78, 5) is 0. The summed E-state index contributed by atoms with van der Waals surface area (Å²) in [6.45, 7) is 0.655. The molecule has 7 heavy (non-hydrogen) atoms. The molecule has 0 rings (SSSR count). The normalized spacial score (nSPS) is 9.57. The van der Waals surface area contributed by atoms with Crippen molar-refractivity contribution in [2.24, 2.45) is 5.73 Å². The summed E-state index contributed by atoms with van der Waals surface area (Å²) in [5, 5.41) is 0. The van der Waals surface area contributed by atoms with Gasteiger partial charge in [-0.2, -0.15) is 0 Å². The predicted molar refractivity (Wildman–Crippen MR) is 26.7 cm³/mol. The van der Waals surface area contributed by atoms with E-state index in [2.05, 4.69) is 2.59 Å². The van der Waals surface area contributed by atoms with Crippen LogP contribution in [0.2, 0.25) is 0 Å². The Morgan fingerprint density at radius 1 is 1.57 bits per heavy atom. The van der Waals surface area contributed by atoms with Crippen molar-refractivity contribution in [1.29, 1.82) is 0 Å². The molecule has 0 spiro atoms. The summed E-state index contributed by atoms with van der Waals surface area (Å²) >= 11 is 1.12. The van der Waals surface area contributed by atoms with Crippen LogP contribution in [0.4, 0.5) is 0 Å². The molecule has 2 heteroatoms. The molecule has 0 heterocycles. The van der Waals surface area contributed by atoms with E-state index >= 15 is 0 Å². The third-order valence-electron chi connectivity index (χ3n) is 0.538. The van der Waals surface area contributed by atoms with Gasteiger partial charge in [-0.3, -0.25) is 0 Å². The standard InChI is InChI=1S/C5H8N.Y/c1-2-3-4-5-6;/h3-4H,2,5-6H2;/b4-3+;. The molecule has 0 radical (unpaired) electrons. The zero-order valence-electron chi connectivity index (χ0n) is 4.22. The summed E-state index contributed by atoms with van der Waals surface area (Å²) in [5.41, 5.74) is 5.17. The van der Waals surface area contributed by atoms with E-state index < -0.39 is 0 Å². The van der Waals surface area contributed by atoms with Gasteiger partial charge in [0.2, 0.25) is 0 Å². The molecule has 0 saturated carbocycles. The van der Waals surface area contributed by atoms with Gasteiger partial charge in [0.05, 0.1) is 0 Å². The first kappa shape index (κ1) is 7.58. The second kappa shape index (κ2) is 6.58. The Hall–Kier alpha value is 0.584. The van der Waals surface area contributed by atoms with Gasteiger partial charge in [0, 0.05) is 0 Å². The van der Waals surface area contributed by atoms with Crippen molar-refractivity contribution in [2.75, 3.05) is 6.54 Å². The second-order valence-electron chi connectivity index (χ2n) is 1.12. The molecule has 0 saturated heterocycles. The fraction of sp³-hybridized carbons (Fsp3) is 0.400. The van der Waals surface area contributed by atoms with Crippen LogP contribution in [0.3, 0.4) is 0 Å². The Bertz CT molecular complexity index is 90.7. The molecule has 0 amide bonds. The molecule has 0 bridgehead atoms. The Balaban J connectivity index is 2.97. The molecule has 0 aromatic rings. The number of hydrogen-bond donors (Lipinski definition) is 1. The van der Waals surface area contributed by atoms with Crippen LogP contribution in [0.25, 0.3) is 0 Å². The van der Waals surface area contributed by atoms with Gasteiger partial charge in [-0.05, 0) is 0 Å². The van der Waals surface area contributed by atoms with Crippen molar-refractivity contribution in [2.45, 2.75) is 6.42 Å². The third kappa shape index (κ3) is 6.58. The van der Waals surface area contributed by atoms with E-state index in [1.54, 1.807) is 0 Å². The van der Waals surface area contributed by atoms with Gasteiger partial charge >= 0.3 is 63.7 Å². The minimum atomic E-state index is 0.655. The molecule has 36 valence electrons. The first-order chi connectivity index (χ1) is 3.41. The van der Waals surface area contributed by atoms with E-state index in [1.807, 2.05) is 12.2 Å². The molecule has 0 aliphatic heterocycles. The van der Waals surface area contributed by atoms with Gasteiger partial charge in [0.1, 0.15) is 0 Å². The van der Waals surface area contributed by atoms with E-state index in [1.165, 1.54) is 0 Å². The zero-order chi connectivity index (χ0) is 5.54. The van der Waals surface area contributed by atoms with Crippen LogP contribution in [-0.4, -0.2) is 6.54 Å². The Morgan fingerprint density at radius 2 is 2.29 bits per heavy atom. The molecule has 0 aromatic heterocycles. The van der Waals surface area contributed by atoms with Crippen LogP contribution in [-0.2, 0) is 30.2 Å². The summed E-state index contributed by atoms with van der Waals surface area (Å²) < 4.78 is 3.09. The molecular formula is C5H8NY. The average Bonchev–Trinajstić information content (AvgIpc) is 1.69. The van der Waals surface area contributed by atoms with Crippen molar-refractivity contribution in [3.63, 3.8) is 0 Å². The van der Waals surface area contributed by atoms with Crippen LogP contribution >= 0.6 is 0 Å². The topological polar surface area (TPSA) is 26.0 Å². The van der Waals surface area contributed by atoms with Crippen LogP contribution in [0, 0.1) is 2.59 Å². The molecule has 0 aromatic carbocycles. The van der Waals surface area contributed by atoms with E-state index in [0.717, 1.165) is 36.7 Å². The van der Waals surface area contributed by atoms with Gasteiger partial charge in [-0.25, -0.2) is 0 Å². The Morgan fingerprint density at radius 3 is 2.71 bits per heavy atom. The van der Waals surface area contributed by atoms with Crippen LogP contribution in [0.5, 0.6) is 0 Å².